The van der Waals surface area contributed by atoms with Gasteiger partial charge in [-0.15, -0.1) is 0 Å². The van der Waals surface area contributed by atoms with Gasteiger partial charge in [-0.05, 0) is 33.8 Å². The van der Waals surface area contributed by atoms with Crippen LogP contribution in [-0.2, 0) is 4.74 Å². The summed E-state index contributed by atoms with van der Waals surface area (Å²) < 4.78 is 18.6. The van der Waals surface area contributed by atoms with Gasteiger partial charge in [0.15, 0.2) is 0 Å². The van der Waals surface area contributed by atoms with E-state index in [2.05, 4.69) is 10.6 Å². The van der Waals surface area contributed by atoms with Crippen LogP contribution in [-0.4, -0.2) is 29.2 Å². The van der Waals surface area contributed by atoms with Gasteiger partial charge in [0, 0.05) is 30.4 Å². The topological polar surface area (TPSA) is 93.5 Å². The molecular formula is C14H20FN3O4. The van der Waals surface area contributed by atoms with Crippen molar-refractivity contribution in [3.05, 3.63) is 34.1 Å². The van der Waals surface area contributed by atoms with Gasteiger partial charge >= 0.3 is 11.8 Å². The zero-order valence-corrected chi connectivity index (χ0v) is 13.0. The lowest BCUT2D eigenvalue weighted by Crippen LogP contribution is -2.38. The molecule has 2 N–H and O–H groups in total. The minimum atomic E-state index is -0.915. The van der Waals surface area contributed by atoms with E-state index in [0.29, 0.717) is 5.69 Å². The second-order valence-corrected chi connectivity index (χ2v) is 5.85. The Hall–Kier alpha value is -2.38. The first-order valence-corrected chi connectivity index (χ1v) is 6.76. The van der Waals surface area contributed by atoms with Crippen LogP contribution in [0.4, 0.5) is 20.6 Å². The van der Waals surface area contributed by atoms with Crippen molar-refractivity contribution in [1.29, 1.82) is 0 Å². The van der Waals surface area contributed by atoms with Crippen LogP contribution in [0.15, 0.2) is 18.2 Å². The lowest BCUT2D eigenvalue weighted by Gasteiger charge is -2.21. The van der Waals surface area contributed by atoms with E-state index >= 15 is 0 Å². The summed E-state index contributed by atoms with van der Waals surface area (Å²) in [5.41, 5.74) is -0.769. The normalized spacial score (nSPS) is 12.4. The predicted octanol–water partition coefficient (Wildman–Crippen LogP) is 3.06. The number of nitro benzene ring substituents is 1. The highest BCUT2D eigenvalue weighted by Crippen LogP contribution is 2.21. The van der Waals surface area contributed by atoms with E-state index in [1.807, 2.05) is 0 Å². The number of alkyl carbamates (subject to hydrolysis) is 1. The number of ether oxygens (including phenoxy) is 1. The highest BCUT2D eigenvalue weighted by atomic mass is 19.1. The fourth-order valence-electron chi connectivity index (χ4n) is 1.63. The number of amides is 1. The molecule has 0 aliphatic rings. The Bertz CT molecular complexity index is 558. The molecule has 1 atom stereocenters. The third-order valence-electron chi connectivity index (χ3n) is 2.51. The van der Waals surface area contributed by atoms with Gasteiger partial charge in [-0.25, -0.2) is 4.79 Å². The molecule has 1 unspecified atom stereocenters. The maximum absolute atomic E-state index is 13.5. The largest absolute Gasteiger partial charge is 0.444 e. The highest BCUT2D eigenvalue weighted by molar-refractivity contribution is 5.67. The summed E-state index contributed by atoms with van der Waals surface area (Å²) in [5, 5.41) is 16.0. The van der Waals surface area contributed by atoms with Crippen LogP contribution in [0.5, 0.6) is 0 Å². The van der Waals surface area contributed by atoms with Crippen molar-refractivity contribution in [2.45, 2.75) is 39.3 Å². The minimum Gasteiger partial charge on any atom is -0.444 e. The van der Waals surface area contributed by atoms with Gasteiger partial charge in [0.1, 0.15) is 5.60 Å². The summed E-state index contributed by atoms with van der Waals surface area (Å²) in [4.78, 5) is 21.2. The first-order chi connectivity index (χ1) is 10.1. The van der Waals surface area contributed by atoms with E-state index in [1.165, 1.54) is 6.07 Å². The maximum atomic E-state index is 13.5. The van der Waals surface area contributed by atoms with Crippen molar-refractivity contribution in [3.8, 4) is 0 Å². The monoisotopic (exact) mass is 313 g/mol. The highest BCUT2D eigenvalue weighted by Gasteiger charge is 2.17. The number of carbonyl (C=O) groups excluding carboxylic acids is 1. The van der Waals surface area contributed by atoms with E-state index in [4.69, 9.17) is 4.74 Å². The van der Waals surface area contributed by atoms with Crippen molar-refractivity contribution < 1.29 is 18.8 Å². The second-order valence-electron chi connectivity index (χ2n) is 5.85. The molecule has 0 bridgehead atoms. The molecule has 0 heterocycles. The van der Waals surface area contributed by atoms with Gasteiger partial charge in [0.25, 0.3) is 0 Å². The number of benzene rings is 1. The molecule has 1 amide bonds. The Kier molecular flexibility index (Phi) is 5.67. The van der Waals surface area contributed by atoms with Gasteiger partial charge < -0.3 is 15.4 Å². The Balaban J connectivity index is 2.52. The van der Waals surface area contributed by atoms with Gasteiger partial charge in [-0.3, -0.25) is 10.1 Å². The molecular weight excluding hydrogens is 293 g/mol. The van der Waals surface area contributed by atoms with E-state index in [-0.39, 0.29) is 12.6 Å². The van der Waals surface area contributed by atoms with Crippen molar-refractivity contribution in [1.82, 2.24) is 5.32 Å². The van der Waals surface area contributed by atoms with Crippen LogP contribution in [0.1, 0.15) is 27.7 Å². The SMILES string of the molecule is CC(CNC(=O)OC(C)(C)C)Nc1ccc([N+](=O)[O-])c(F)c1. The van der Waals surface area contributed by atoms with Crippen LogP contribution in [0.25, 0.3) is 0 Å². The van der Waals surface area contributed by atoms with Crippen LogP contribution < -0.4 is 10.6 Å². The van der Waals surface area contributed by atoms with E-state index in [0.717, 1.165) is 12.1 Å². The summed E-state index contributed by atoms with van der Waals surface area (Å²) in [5.74, 6) is -0.915. The number of nitrogens with zero attached hydrogens (tertiary/aromatic N) is 1. The summed E-state index contributed by atoms with van der Waals surface area (Å²) >= 11 is 0. The van der Waals surface area contributed by atoms with Gasteiger partial charge in [0.05, 0.1) is 4.92 Å². The molecule has 22 heavy (non-hydrogen) atoms. The molecule has 0 saturated heterocycles. The van der Waals surface area contributed by atoms with E-state index in [1.54, 1.807) is 27.7 Å². The van der Waals surface area contributed by atoms with Crippen molar-refractivity contribution >= 4 is 17.5 Å². The van der Waals surface area contributed by atoms with Gasteiger partial charge in [-0.1, -0.05) is 0 Å². The van der Waals surface area contributed by atoms with Crippen LogP contribution in [0.3, 0.4) is 0 Å². The molecule has 1 rings (SSSR count). The number of rotatable bonds is 5. The Morgan fingerprint density at radius 3 is 2.59 bits per heavy atom. The standard InChI is InChI=1S/C14H20FN3O4/c1-9(8-16-13(19)22-14(2,3)4)17-10-5-6-12(18(20)21)11(15)7-10/h5-7,9,17H,8H2,1-4H3,(H,16,19). The lowest BCUT2D eigenvalue weighted by atomic mass is 10.2. The molecule has 0 saturated carbocycles. The molecule has 0 aliphatic carbocycles. The first kappa shape index (κ1) is 17.7. The molecule has 0 fully saturated rings. The molecule has 0 spiro atoms. The zero-order valence-electron chi connectivity index (χ0n) is 13.0. The molecule has 0 radical (unpaired) electrons. The molecule has 1 aromatic rings. The molecule has 1 aromatic carbocycles. The Labute approximate surface area is 128 Å². The quantitative estimate of drug-likeness (QED) is 0.643. The molecule has 7 nitrogen and oxygen atoms in total. The van der Waals surface area contributed by atoms with Crippen LogP contribution in [0.2, 0.25) is 0 Å². The summed E-state index contributed by atoms with van der Waals surface area (Å²) in [6.07, 6.45) is -0.545. The summed E-state index contributed by atoms with van der Waals surface area (Å²) in [7, 11) is 0. The van der Waals surface area contributed by atoms with Gasteiger partial charge in [-0.2, -0.15) is 4.39 Å². The first-order valence-electron chi connectivity index (χ1n) is 6.76. The second kappa shape index (κ2) is 7.06. The fourth-order valence-corrected chi connectivity index (χ4v) is 1.63. The average Bonchev–Trinajstić information content (AvgIpc) is 2.34. The predicted molar refractivity (Wildman–Crippen MR) is 80.4 cm³/mol. The van der Waals surface area contributed by atoms with Crippen molar-refractivity contribution in [2.75, 3.05) is 11.9 Å². The summed E-state index contributed by atoms with van der Waals surface area (Å²) in [6, 6.07) is 3.33. The smallest absolute Gasteiger partial charge is 0.407 e. The minimum absolute atomic E-state index is 0.214. The molecule has 122 valence electrons. The Morgan fingerprint density at radius 2 is 2.09 bits per heavy atom. The van der Waals surface area contributed by atoms with Crippen LogP contribution in [0, 0.1) is 15.9 Å². The number of hydrogen-bond acceptors (Lipinski definition) is 5. The maximum Gasteiger partial charge on any atom is 0.407 e. The zero-order chi connectivity index (χ0) is 16.9. The number of anilines is 1. The number of carbonyl (C=O) groups is 1. The van der Waals surface area contributed by atoms with Crippen LogP contribution >= 0.6 is 0 Å². The third kappa shape index (κ3) is 5.94. The number of halogens is 1. The Morgan fingerprint density at radius 1 is 1.45 bits per heavy atom. The number of nitrogens with one attached hydrogen (secondary N) is 2. The van der Waals surface area contributed by atoms with Gasteiger partial charge in [0.2, 0.25) is 5.82 Å². The number of nitro groups is 1. The van der Waals surface area contributed by atoms with E-state index in [9.17, 15) is 19.3 Å². The lowest BCUT2D eigenvalue weighted by molar-refractivity contribution is -0.387. The molecule has 0 aromatic heterocycles. The third-order valence-corrected chi connectivity index (χ3v) is 2.51. The molecule has 0 aliphatic heterocycles. The molecule has 8 heteroatoms. The average molecular weight is 313 g/mol. The number of hydrogen-bond donors (Lipinski definition) is 2. The van der Waals surface area contributed by atoms with Crippen molar-refractivity contribution in [2.24, 2.45) is 0 Å². The van der Waals surface area contributed by atoms with Crippen molar-refractivity contribution in [3.63, 3.8) is 0 Å². The fraction of sp³-hybridized carbons (Fsp3) is 0.500. The van der Waals surface area contributed by atoms with E-state index < -0.39 is 28.1 Å². The summed E-state index contributed by atoms with van der Waals surface area (Å²) in [6.45, 7) is 7.31.